The predicted molar refractivity (Wildman–Crippen MR) is 47.6 cm³/mol. The molecule has 0 aliphatic heterocycles. The highest BCUT2D eigenvalue weighted by Crippen LogP contribution is 2.23. The molecule has 0 saturated carbocycles. The highest BCUT2D eigenvalue weighted by molar-refractivity contribution is 6.18. The van der Waals surface area contributed by atoms with E-state index in [0.717, 1.165) is 0 Å². The third kappa shape index (κ3) is 2.30. The third-order valence-corrected chi connectivity index (χ3v) is 1.94. The van der Waals surface area contributed by atoms with E-state index in [1.165, 1.54) is 18.3 Å². The van der Waals surface area contributed by atoms with Crippen molar-refractivity contribution < 1.29 is 15.3 Å². The number of aliphatic hydroxyl groups excluding tert-OH is 2. The first-order valence-corrected chi connectivity index (χ1v) is 4.26. The molecule has 0 radical (unpaired) electrons. The second-order valence-electron chi connectivity index (χ2n) is 2.57. The first kappa shape index (κ1) is 10.2. The van der Waals surface area contributed by atoms with Crippen molar-refractivity contribution in [2.75, 3.05) is 5.88 Å². The lowest BCUT2D eigenvalue weighted by Gasteiger charge is -2.15. The molecule has 0 saturated heterocycles. The van der Waals surface area contributed by atoms with Crippen LogP contribution in [0.4, 0.5) is 0 Å². The van der Waals surface area contributed by atoms with Crippen LogP contribution in [-0.2, 0) is 0 Å². The number of hydrogen-bond donors (Lipinski definition) is 3. The van der Waals surface area contributed by atoms with Gasteiger partial charge in [-0.3, -0.25) is 4.98 Å². The minimum Gasteiger partial charge on any atom is -0.506 e. The lowest BCUT2D eigenvalue weighted by Crippen LogP contribution is -2.20. The normalized spacial score (nSPS) is 15.3. The Morgan fingerprint density at radius 3 is 2.69 bits per heavy atom. The molecule has 72 valence electrons. The van der Waals surface area contributed by atoms with Crippen molar-refractivity contribution in [3.8, 4) is 5.75 Å². The number of aromatic hydroxyl groups is 1. The van der Waals surface area contributed by atoms with Crippen LogP contribution in [0.3, 0.4) is 0 Å². The summed E-state index contributed by atoms with van der Waals surface area (Å²) in [7, 11) is 0. The van der Waals surface area contributed by atoms with Crippen molar-refractivity contribution in [1.29, 1.82) is 0 Å². The average molecular weight is 204 g/mol. The smallest absolute Gasteiger partial charge is 0.139 e. The molecule has 3 N–H and O–H groups in total. The molecular weight excluding hydrogens is 194 g/mol. The minimum absolute atomic E-state index is 0.0376. The number of rotatable bonds is 3. The lowest BCUT2D eigenvalue weighted by molar-refractivity contribution is 0.0284. The molecule has 2 unspecified atom stereocenters. The van der Waals surface area contributed by atoms with Gasteiger partial charge < -0.3 is 15.3 Å². The summed E-state index contributed by atoms with van der Waals surface area (Å²) in [6, 6.07) is 2.91. The topological polar surface area (TPSA) is 73.6 Å². The van der Waals surface area contributed by atoms with Crippen LogP contribution in [0.25, 0.3) is 0 Å². The molecule has 2 atom stereocenters. The molecule has 1 aromatic rings. The Hall–Kier alpha value is -0.840. The average Bonchev–Trinajstić information content (AvgIpc) is 2.16. The fourth-order valence-electron chi connectivity index (χ4n) is 0.904. The van der Waals surface area contributed by atoms with Crippen LogP contribution in [0.1, 0.15) is 11.8 Å². The Bertz CT molecular complexity index is 282. The summed E-state index contributed by atoms with van der Waals surface area (Å²) in [6.07, 6.45) is -0.958. The number of halogens is 1. The molecule has 0 spiro atoms. The second-order valence-corrected chi connectivity index (χ2v) is 2.88. The molecule has 5 heteroatoms. The van der Waals surface area contributed by atoms with Gasteiger partial charge in [0, 0.05) is 6.20 Å². The van der Waals surface area contributed by atoms with Crippen molar-refractivity contribution in [2.45, 2.75) is 12.2 Å². The molecule has 0 aliphatic carbocycles. The fourth-order valence-corrected chi connectivity index (χ4v) is 1.07. The SMILES string of the molecule is Oc1cccnc1C(O)C(O)CCl. The van der Waals surface area contributed by atoms with Gasteiger partial charge in [-0.05, 0) is 12.1 Å². The Labute approximate surface area is 80.4 Å². The number of pyridine rings is 1. The zero-order valence-corrected chi connectivity index (χ0v) is 7.52. The van der Waals surface area contributed by atoms with E-state index in [-0.39, 0.29) is 17.3 Å². The molecule has 13 heavy (non-hydrogen) atoms. The van der Waals surface area contributed by atoms with Crippen molar-refractivity contribution in [3.05, 3.63) is 24.0 Å². The zero-order valence-electron chi connectivity index (χ0n) is 6.76. The van der Waals surface area contributed by atoms with Crippen LogP contribution in [0.15, 0.2) is 18.3 Å². The van der Waals surface area contributed by atoms with Crippen LogP contribution in [0, 0.1) is 0 Å². The molecule has 0 aromatic carbocycles. The van der Waals surface area contributed by atoms with Gasteiger partial charge in [0.25, 0.3) is 0 Å². The Morgan fingerprint density at radius 1 is 1.46 bits per heavy atom. The zero-order chi connectivity index (χ0) is 9.84. The van der Waals surface area contributed by atoms with E-state index >= 15 is 0 Å². The second kappa shape index (κ2) is 4.41. The standard InChI is InChI=1S/C8H10ClNO3/c9-4-6(12)8(13)7-5(11)2-1-3-10-7/h1-3,6,8,11-13H,4H2. The van der Waals surface area contributed by atoms with E-state index in [1.807, 2.05) is 0 Å². The fraction of sp³-hybridized carbons (Fsp3) is 0.375. The van der Waals surface area contributed by atoms with Crippen LogP contribution >= 0.6 is 11.6 Å². The molecule has 1 aromatic heterocycles. The Kier molecular flexibility index (Phi) is 3.48. The Balaban J connectivity index is 2.88. The van der Waals surface area contributed by atoms with Gasteiger partial charge in [0.15, 0.2) is 0 Å². The summed E-state index contributed by atoms with van der Waals surface area (Å²) in [5, 5.41) is 27.8. The quantitative estimate of drug-likeness (QED) is 0.623. The maximum atomic E-state index is 9.41. The van der Waals surface area contributed by atoms with Crippen molar-refractivity contribution in [3.63, 3.8) is 0 Å². The van der Waals surface area contributed by atoms with E-state index in [4.69, 9.17) is 11.6 Å². The highest BCUT2D eigenvalue weighted by atomic mass is 35.5. The van der Waals surface area contributed by atoms with Crippen LogP contribution in [0.2, 0.25) is 0 Å². The highest BCUT2D eigenvalue weighted by Gasteiger charge is 2.21. The minimum atomic E-state index is -1.25. The van der Waals surface area contributed by atoms with Crippen LogP contribution in [-0.4, -0.2) is 32.3 Å². The van der Waals surface area contributed by atoms with Gasteiger partial charge in [-0.25, -0.2) is 0 Å². The molecule has 0 aliphatic rings. The third-order valence-electron chi connectivity index (χ3n) is 1.62. The van der Waals surface area contributed by atoms with Gasteiger partial charge in [0.2, 0.25) is 0 Å². The first-order chi connectivity index (χ1) is 6.16. The summed E-state index contributed by atoms with van der Waals surface area (Å²) in [4.78, 5) is 3.73. The predicted octanol–water partition coefficient (Wildman–Crippen LogP) is 0.420. The summed E-state index contributed by atoms with van der Waals surface area (Å²) in [5.41, 5.74) is 0.0376. The van der Waals surface area contributed by atoms with E-state index in [1.54, 1.807) is 0 Å². The van der Waals surface area contributed by atoms with E-state index in [9.17, 15) is 15.3 Å². The first-order valence-electron chi connectivity index (χ1n) is 3.72. The molecule has 4 nitrogen and oxygen atoms in total. The lowest BCUT2D eigenvalue weighted by atomic mass is 10.1. The largest absolute Gasteiger partial charge is 0.506 e. The van der Waals surface area contributed by atoms with Gasteiger partial charge in [0.1, 0.15) is 17.5 Å². The molecule has 0 bridgehead atoms. The van der Waals surface area contributed by atoms with Crippen molar-refractivity contribution >= 4 is 11.6 Å². The van der Waals surface area contributed by atoms with Crippen LogP contribution in [0.5, 0.6) is 5.75 Å². The van der Waals surface area contributed by atoms with E-state index < -0.39 is 12.2 Å². The van der Waals surface area contributed by atoms with Gasteiger partial charge >= 0.3 is 0 Å². The summed E-state index contributed by atoms with van der Waals surface area (Å²) >= 11 is 5.33. The van der Waals surface area contributed by atoms with Gasteiger partial charge in [-0.1, -0.05) is 0 Å². The monoisotopic (exact) mass is 203 g/mol. The molecule has 0 fully saturated rings. The van der Waals surface area contributed by atoms with Crippen molar-refractivity contribution in [2.24, 2.45) is 0 Å². The Morgan fingerprint density at radius 2 is 2.15 bits per heavy atom. The van der Waals surface area contributed by atoms with Gasteiger partial charge in [-0.15, -0.1) is 11.6 Å². The van der Waals surface area contributed by atoms with Crippen LogP contribution < -0.4 is 0 Å². The molecular formula is C8H10ClNO3. The molecule has 0 amide bonds. The summed E-state index contributed by atoms with van der Waals surface area (Å²) < 4.78 is 0. The molecule has 1 rings (SSSR count). The molecule has 1 heterocycles. The number of aliphatic hydroxyl groups is 2. The van der Waals surface area contributed by atoms with E-state index in [0.29, 0.717) is 0 Å². The summed E-state index contributed by atoms with van der Waals surface area (Å²) in [6.45, 7) is 0. The van der Waals surface area contributed by atoms with Gasteiger partial charge in [-0.2, -0.15) is 0 Å². The number of aromatic nitrogens is 1. The number of alkyl halides is 1. The van der Waals surface area contributed by atoms with Gasteiger partial charge in [0.05, 0.1) is 12.0 Å². The summed E-state index contributed by atoms with van der Waals surface area (Å²) in [5.74, 6) is -0.267. The number of hydrogen-bond acceptors (Lipinski definition) is 4. The number of nitrogens with zero attached hydrogens (tertiary/aromatic N) is 1. The maximum absolute atomic E-state index is 9.41. The van der Waals surface area contributed by atoms with Crippen molar-refractivity contribution in [1.82, 2.24) is 4.98 Å². The van der Waals surface area contributed by atoms with E-state index in [2.05, 4.69) is 4.98 Å². The maximum Gasteiger partial charge on any atom is 0.139 e.